The quantitative estimate of drug-likeness (QED) is 0.729. The fourth-order valence-electron chi connectivity index (χ4n) is 2.56. The Labute approximate surface area is 105 Å². The summed E-state index contributed by atoms with van der Waals surface area (Å²) in [6, 6.07) is 7.19. The fourth-order valence-corrected chi connectivity index (χ4v) is 2.56. The standard InChI is InChI=1S/C14H21N.ClH/c1-10-6-5-7-12-11(10)8-9-15-13(12)14(2,3)4;/h5-7,13,15H,8-9H2,1-4H3;1H. The maximum Gasteiger partial charge on any atom is 0.0372 e. The molecule has 1 aliphatic rings. The molecule has 1 atom stereocenters. The molecular weight excluding hydrogens is 218 g/mol. The van der Waals surface area contributed by atoms with Gasteiger partial charge in [0.05, 0.1) is 0 Å². The minimum atomic E-state index is 0. The highest BCUT2D eigenvalue weighted by Gasteiger charge is 2.30. The molecule has 2 heteroatoms. The van der Waals surface area contributed by atoms with E-state index in [0.717, 1.165) is 6.54 Å². The number of fused-ring (bicyclic) bond motifs is 1. The van der Waals surface area contributed by atoms with Crippen LogP contribution in [0.4, 0.5) is 0 Å². The Hall–Kier alpha value is -0.530. The van der Waals surface area contributed by atoms with E-state index in [-0.39, 0.29) is 12.4 Å². The molecule has 0 saturated heterocycles. The van der Waals surface area contributed by atoms with E-state index < -0.39 is 0 Å². The highest BCUT2D eigenvalue weighted by molar-refractivity contribution is 5.85. The Balaban J connectivity index is 0.00000128. The van der Waals surface area contributed by atoms with Crippen molar-refractivity contribution in [3.05, 3.63) is 34.9 Å². The third kappa shape index (κ3) is 2.41. The first-order valence-corrected chi connectivity index (χ1v) is 5.82. The highest BCUT2D eigenvalue weighted by atomic mass is 35.5. The lowest BCUT2D eigenvalue weighted by molar-refractivity contribution is 0.263. The van der Waals surface area contributed by atoms with E-state index in [2.05, 4.69) is 51.2 Å². The summed E-state index contributed by atoms with van der Waals surface area (Å²) in [6.45, 7) is 10.3. The molecule has 0 bridgehead atoms. The van der Waals surface area contributed by atoms with E-state index in [9.17, 15) is 0 Å². The summed E-state index contributed by atoms with van der Waals surface area (Å²) in [7, 11) is 0. The van der Waals surface area contributed by atoms with Gasteiger partial charge >= 0.3 is 0 Å². The smallest absolute Gasteiger partial charge is 0.0372 e. The average Bonchev–Trinajstić information content (AvgIpc) is 2.16. The van der Waals surface area contributed by atoms with Crippen molar-refractivity contribution in [2.24, 2.45) is 5.41 Å². The number of benzene rings is 1. The van der Waals surface area contributed by atoms with Crippen molar-refractivity contribution in [3.8, 4) is 0 Å². The summed E-state index contributed by atoms with van der Waals surface area (Å²) in [5, 5.41) is 3.64. The summed E-state index contributed by atoms with van der Waals surface area (Å²) in [6.07, 6.45) is 1.18. The van der Waals surface area contributed by atoms with Crippen molar-refractivity contribution in [3.63, 3.8) is 0 Å². The van der Waals surface area contributed by atoms with Gasteiger partial charge in [-0.3, -0.25) is 0 Å². The van der Waals surface area contributed by atoms with Crippen molar-refractivity contribution in [1.29, 1.82) is 0 Å². The molecule has 90 valence electrons. The highest BCUT2D eigenvalue weighted by Crippen LogP contribution is 2.37. The average molecular weight is 240 g/mol. The Bertz CT molecular complexity index is 365. The second-order valence-electron chi connectivity index (χ2n) is 5.65. The molecule has 0 amide bonds. The van der Waals surface area contributed by atoms with E-state index >= 15 is 0 Å². The molecule has 0 aromatic heterocycles. The van der Waals surface area contributed by atoms with Crippen LogP contribution in [0.25, 0.3) is 0 Å². The van der Waals surface area contributed by atoms with Crippen molar-refractivity contribution in [1.82, 2.24) is 5.32 Å². The van der Waals surface area contributed by atoms with Gasteiger partial charge in [0, 0.05) is 6.04 Å². The van der Waals surface area contributed by atoms with Crippen LogP contribution < -0.4 is 5.32 Å². The molecule has 2 rings (SSSR count). The molecule has 1 N–H and O–H groups in total. The molecule has 0 aliphatic carbocycles. The molecule has 0 fully saturated rings. The molecule has 1 nitrogen and oxygen atoms in total. The van der Waals surface area contributed by atoms with E-state index in [1.165, 1.54) is 17.5 Å². The van der Waals surface area contributed by atoms with Gasteiger partial charge in [-0.05, 0) is 42.0 Å². The van der Waals surface area contributed by atoms with Crippen molar-refractivity contribution < 1.29 is 0 Å². The van der Waals surface area contributed by atoms with Crippen LogP contribution in [0.2, 0.25) is 0 Å². The molecule has 1 heterocycles. The lowest BCUT2D eigenvalue weighted by Crippen LogP contribution is -2.38. The largest absolute Gasteiger partial charge is 0.309 e. The number of rotatable bonds is 0. The van der Waals surface area contributed by atoms with Gasteiger partial charge in [-0.1, -0.05) is 39.0 Å². The first-order valence-electron chi connectivity index (χ1n) is 5.82. The summed E-state index contributed by atoms with van der Waals surface area (Å²) >= 11 is 0. The Morgan fingerprint density at radius 3 is 2.56 bits per heavy atom. The molecular formula is C14H22ClN. The van der Waals surface area contributed by atoms with Crippen molar-refractivity contribution >= 4 is 12.4 Å². The SMILES string of the molecule is Cc1cccc2c1CCNC2C(C)(C)C.Cl. The summed E-state index contributed by atoms with van der Waals surface area (Å²) in [5.74, 6) is 0. The zero-order chi connectivity index (χ0) is 11.1. The molecule has 1 aromatic carbocycles. The third-order valence-corrected chi connectivity index (χ3v) is 3.35. The molecule has 1 aliphatic heterocycles. The predicted octanol–water partition coefficient (Wildman–Crippen LogP) is 3.65. The first kappa shape index (κ1) is 13.5. The molecule has 1 aromatic rings. The predicted molar refractivity (Wildman–Crippen MR) is 72.3 cm³/mol. The fraction of sp³-hybridized carbons (Fsp3) is 0.571. The van der Waals surface area contributed by atoms with Gasteiger partial charge in [0.2, 0.25) is 0 Å². The van der Waals surface area contributed by atoms with Crippen LogP contribution in [0.3, 0.4) is 0 Å². The summed E-state index contributed by atoms with van der Waals surface area (Å²) < 4.78 is 0. The van der Waals surface area contributed by atoms with Crippen LogP contribution in [0.1, 0.15) is 43.5 Å². The molecule has 0 spiro atoms. The van der Waals surface area contributed by atoms with Gasteiger partial charge in [-0.15, -0.1) is 12.4 Å². The monoisotopic (exact) mass is 239 g/mol. The van der Waals surface area contributed by atoms with Crippen LogP contribution in [-0.4, -0.2) is 6.54 Å². The Morgan fingerprint density at radius 1 is 1.25 bits per heavy atom. The van der Waals surface area contributed by atoms with Crippen molar-refractivity contribution in [2.75, 3.05) is 6.54 Å². The number of nitrogens with one attached hydrogen (secondary N) is 1. The molecule has 16 heavy (non-hydrogen) atoms. The van der Waals surface area contributed by atoms with Crippen LogP contribution in [0.5, 0.6) is 0 Å². The number of halogens is 1. The van der Waals surface area contributed by atoms with E-state index in [1.54, 1.807) is 5.56 Å². The lowest BCUT2D eigenvalue weighted by Gasteiger charge is -2.37. The zero-order valence-corrected chi connectivity index (χ0v) is 11.4. The lowest BCUT2D eigenvalue weighted by atomic mass is 9.77. The Morgan fingerprint density at radius 2 is 1.94 bits per heavy atom. The summed E-state index contributed by atoms with van der Waals surface area (Å²) in [4.78, 5) is 0. The molecule has 0 radical (unpaired) electrons. The maximum absolute atomic E-state index is 3.64. The summed E-state index contributed by atoms with van der Waals surface area (Å²) in [5.41, 5.74) is 4.82. The van der Waals surface area contributed by atoms with Gasteiger partial charge in [0.1, 0.15) is 0 Å². The molecule has 1 unspecified atom stereocenters. The number of hydrogen-bond acceptors (Lipinski definition) is 1. The van der Waals surface area contributed by atoms with Gasteiger partial charge in [-0.2, -0.15) is 0 Å². The second-order valence-corrected chi connectivity index (χ2v) is 5.65. The maximum atomic E-state index is 3.64. The zero-order valence-electron chi connectivity index (χ0n) is 10.6. The Kier molecular flexibility index (Phi) is 4.03. The first-order chi connectivity index (χ1) is 7.00. The van der Waals surface area contributed by atoms with Crippen molar-refractivity contribution in [2.45, 2.75) is 40.2 Å². The van der Waals surface area contributed by atoms with Crippen LogP contribution in [-0.2, 0) is 6.42 Å². The number of hydrogen-bond donors (Lipinski definition) is 1. The van der Waals surface area contributed by atoms with Gasteiger partial charge < -0.3 is 5.32 Å². The minimum Gasteiger partial charge on any atom is -0.309 e. The van der Waals surface area contributed by atoms with Crippen LogP contribution >= 0.6 is 12.4 Å². The van der Waals surface area contributed by atoms with Gasteiger partial charge in [0.25, 0.3) is 0 Å². The number of aryl methyl sites for hydroxylation is 1. The minimum absolute atomic E-state index is 0. The van der Waals surface area contributed by atoms with Gasteiger partial charge in [0.15, 0.2) is 0 Å². The van der Waals surface area contributed by atoms with E-state index in [4.69, 9.17) is 0 Å². The van der Waals surface area contributed by atoms with E-state index in [1.807, 2.05) is 0 Å². The normalized spacial score (nSPS) is 19.9. The second kappa shape index (κ2) is 4.77. The van der Waals surface area contributed by atoms with Crippen LogP contribution in [0, 0.1) is 12.3 Å². The van der Waals surface area contributed by atoms with Gasteiger partial charge in [-0.25, -0.2) is 0 Å². The van der Waals surface area contributed by atoms with E-state index in [0.29, 0.717) is 11.5 Å². The van der Waals surface area contributed by atoms with Crippen LogP contribution in [0.15, 0.2) is 18.2 Å². The molecule has 0 saturated carbocycles. The third-order valence-electron chi connectivity index (χ3n) is 3.35. The topological polar surface area (TPSA) is 12.0 Å².